The highest BCUT2D eigenvalue weighted by Crippen LogP contribution is 2.68. The maximum absolute atomic E-state index is 14.6. The zero-order valence-corrected chi connectivity index (χ0v) is 22.5. The first-order valence-electron chi connectivity index (χ1n) is 12.5. The van der Waals surface area contributed by atoms with Gasteiger partial charge in [0.2, 0.25) is 5.91 Å². The molecule has 0 aliphatic carbocycles. The first-order valence-corrected chi connectivity index (χ1v) is 13.7. The molecule has 2 fully saturated rings. The number of carbonyl (C=O) groups excluding carboxylic acids is 3. The Morgan fingerprint density at radius 2 is 1.74 bits per heavy atom. The third-order valence-electron chi connectivity index (χ3n) is 8.95. The van der Waals surface area contributed by atoms with Gasteiger partial charge >= 0.3 is 0 Å². The average molecular weight is 567 g/mol. The molecule has 0 aromatic heterocycles. The number of nitrogens with one attached hydrogen (secondary N) is 2. The lowest BCUT2D eigenvalue weighted by Gasteiger charge is -2.43. The lowest BCUT2D eigenvalue weighted by molar-refractivity contribution is -0.137. The number of ketones is 1. The van der Waals surface area contributed by atoms with Gasteiger partial charge in [-0.15, -0.1) is 0 Å². The van der Waals surface area contributed by atoms with Crippen molar-refractivity contribution in [2.24, 2.45) is 5.92 Å². The molecule has 0 saturated carbocycles. The first-order chi connectivity index (χ1) is 18.2. The van der Waals surface area contributed by atoms with Crippen LogP contribution in [0.5, 0.6) is 0 Å². The number of anilines is 2. The van der Waals surface area contributed by atoms with Gasteiger partial charge in [-0.25, -0.2) is 0 Å². The van der Waals surface area contributed by atoms with Crippen LogP contribution in [0.1, 0.15) is 39.9 Å². The molecule has 0 radical (unpaired) electrons. The van der Waals surface area contributed by atoms with Crippen LogP contribution in [0.25, 0.3) is 0 Å². The van der Waals surface area contributed by atoms with Crippen molar-refractivity contribution < 1.29 is 14.4 Å². The Morgan fingerprint density at radius 1 is 0.947 bits per heavy atom. The highest BCUT2D eigenvalue weighted by molar-refractivity contribution is 6.37. The summed E-state index contributed by atoms with van der Waals surface area (Å²) in [5, 5.41) is 7.25. The summed E-state index contributed by atoms with van der Waals surface area (Å²) in [6, 6.07) is 15.3. The van der Waals surface area contributed by atoms with Crippen LogP contribution in [0.2, 0.25) is 15.1 Å². The van der Waals surface area contributed by atoms with Crippen molar-refractivity contribution in [2.45, 2.75) is 36.8 Å². The molecule has 7 rings (SSSR count). The molecule has 38 heavy (non-hydrogen) atoms. The second-order valence-corrected chi connectivity index (χ2v) is 11.7. The number of halogens is 3. The van der Waals surface area contributed by atoms with E-state index in [-0.39, 0.29) is 34.2 Å². The van der Waals surface area contributed by atoms with Gasteiger partial charge in [-0.05, 0) is 67.8 Å². The van der Waals surface area contributed by atoms with Crippen LogP contribution < -0.4 is 10.6 Å². The Kier molecular flexibility index (Phi) is 5.12. The minimum absolute atomic E-state index is 0.216. The molecule has 4 aliphatic rings. The van der Waals surface area contributed by atoms with Gasteiger partial charge in [0.25, 0.3) is 5.91 Å². The average Bonchev–Trinajstić information content (AvgIpc) is 3.60. The fraction of sp³-hybridized carbons (Fsp3) is 0.276. The molecular formula is C29H22Cl3N3O3. The predicted octanol–water partition coefficient (Wildman–Crippen LogP) is 5.97. The molecule has 6 nitrogen and oxygen atoms in total. The SMILES string of the molecule is Cc1c(Cl)ccc2c1NC(=O)[C@@]21N2CCC[C@@H]2[C@H](C(=O)c2ccc(Cl)cc2Cl)[C@@]12C(=O)Nc1ccccc12. The van der Waals surface area contributed by atoms with Gasteiger partial charge in [0, 0.05) is 32.9 Å². The summed E-state index contributed by atoms with van der Waals surface area (Å²) in [4.78, 5) is 45.7. The van der Waals surface area contributed by atoms with Gasteiger partial charge < -0.3 is 10.6 Å². The van der Waals surface area contributed by atoms with Gasteiger partial charge in [-0.2, -0.15) is 0 Å². The van der Waals surface area contributed by atoms with Gasteiger partial charge in [0.15, 0.2) is 5.78 Å². The Hall–Kier alpha value is -2.90. The number of benzene rings is 3. The zero-order chi connectivity index (χ0) is 26.6. The third kappa shape index (κ3) is 2.67. The zero-order valence-electron chi connectivity index (χ0n) is 20.3. The molecule has 4 atom stereocenters. The number of nitrogens with zero attached hydrogens (tertiary/aromatic N) is 1. The van der Waals surface area contributed by atoms with Crippen molar-refractivity contribution in [1.29, 1.82) is 0 Å². The minimum atomic E-state index is -1.54. The van der Waals surface area contributed by atoms with Crippen molar-refractivity contribution in [3.05, 3.63) is 91.9 Å². The quantitative estimate of drug-likeness (QED) is 0.375. The molecule has 2 amide bonds. The van der Waals surface area contributed by atoms with E-state index < -0.39 is 16.9 Å². The van der Waals surface area contributed by atoms with Crippen molar-refractivity contribution in [1.82, 2.24) is 4.90 Å². The summed E-state index contributed by atoms with van der Waals surface area (Å²) >= 11 is 19.2. The standard InChI is InChI=1S/C29H22Cl3N3O3/c1-14-19(31)11-10-18-24(14)34-27(38)29(18)28(17-5-2-3-6-21(17)33-26(28)37)23(22-7-4-12-35(22)29)25(36)16-9-8-15(30)13-20(16)32/h2-3,5-6,8-11,13,22-23H,4,7,12H2,1H3,(H,33,37)(H,34,38)/t22-,23-,28+,29+/m1/s1. The summed E-state index contributed by atoms with van der Waals surface area (Å²) < 4.78 is 0. The molecule has 192 valence electrons. The van der Waals surface area contributed by atoms with Gasteiger partial charge in [-0.1, -0.05) is 59.1 Å². The molecule has 4 aliphatic heterocycles. The van der Waals surface area contributed by atoms with Crippen LogP contribution in [-0.2, 0) is 20.5 Å². The summed E-state index contributed by atoms with van der Waals surface area (Å²) in [5.41, 5.74) is 0.528. The minimum Gasteiger partial charge on any atom is -0.325 e. The number of carbonyl (C=O) groups is 3. The molecule has 2 spiro atoms. The van der Waals surface area contributed by atoms with Crippen LogP contribution in [0.15, 0.2) is 54.6 Å². The summed E-state index contributed by atoms with van der Waals surface area (Å²) in [6.07, 6.45) is 1.45. The molecule has 2 saturated heterocycles. The first kappa shape index (κ1) is 24.2. The van der Waals surface area contributed by atoms with E-state index in [0.717, 1.165) is 12.0 Å². The predicted molar refractivity (Wildman–Crippen MR) is 147 cm³/mol. The number of amides is 2. The molecular weight excluding hydrogens is 545 g/mol. The van der Waals surface area contributed by atoms with Crippen LogP contribution in [0.4, 0.5) is 11.4 Å². The molecule has 3 aromatic carbocycles. The highest BCUT2D eigenvalue weighted by atomic mass is 35.5. The molecule has 2 N–H and O–H groups in total. The topological polar surface area (TPSA) is 78.5 Å². The summed E-state index contributed by atoms with van der Waals surface area (Å²) in [7, 11) is 0. The van der Waals surface area contributed by atoms with E-state index in [9.17, 15) is 14.4 Å². The second-order valence-electron chi connectivity index (χ2n) is 10.4. The Bertz CT molecular complexity index is 1610. The Labute approximate surface area is 234 Å². The van der Waals surface area contributed by atoms with Gasteiger partial charge in [0.1, 0.15) is 11.0 Å². The lowest BCUT2D eigenvalue weighted by Crippen LogP contribution is -2.62. The van der Waals surface area contributed by atoms with E-state index in [0.29, 0.717) is 45.5 Å². The van der Waals surface area contributed by atoms with E-state index in [1.54, 1.807) is 18.2 Å². The summed E-state index contributed by atoms with van der Waals surface area (Å²) in [6.45, 7) is 2.41. The number of fused-ring (bicyclic) bond motifs is 7. The van der Waals surface area contributed by atoms with Crippen LogP contribution in [-0.4, -0.2) is 35.1 Å². The molecule has 4 heterocycles. The van der Waals surface area contributed by atoms with E-state index >= 15 is 0 Å². The van der Waals surface area contributed by atoms with Crippen LogP contribution in [0, 0.1) is 12.8 Å². The Balaban J connectivity index is 1.60. The monoisotopic (exact) mass is 565 g/mol. The largest absolute Gasteiger partial charge is 0.325 e. The van der Waals surface area contributed by atoms with E-state index in [1.807, 2.05) is 37.3 Å². The van der Waals surface area contributed by atoms with Crippen LogP contribution in [0.3, 0.4) is 0 Å². The fourth-order valence-corrected chi connectivity index (χ4v) is 8.28. The van der Waals surface area contributed by atoms with Crippen molar-refractivity contribution in [2.75, 3.05) is 17.2 Å². The van der Waals surface area contributed by atoms with Gasteiger partial charge in [0.05, 0.1) is 16.6 Å². The van der Waals surface area contributed by atoms with Crippen molar-refractivity contribution in [3.8, 4) is 0 Å². The maximum atomic E-state index is 14.6. The third-order valence-corrected chi connectivity index (χ3v) is 9.90. The number of hydrogen-bond donors (Lipinski definition) is 2. The number of para-hydroxylation sites is 1. The Morgan fingerprint density at radius 3 is 2.53 bits per heavy atom. The van der Waals surface area contributed by atoms with E-state index in [1.165, 1.54) is 6.07 Å². The van der Waals surface area contributed by atoms with Crippen LogP contribution >= 0.6 is 34.8 Å². The number of Topliss-reactive ketones (excluding diaryl/α,β-unsaturated/α-hetero) is 1. The number of rotatable bonds is 2. The van der Waals surface area contributed by atoms with E-state index in [2.05, 4.69) is 15.5 Å². The molecule has 3 aromatic rings. The number of hydrogen-bond acceptors (Lipinski definition) is 4. The highest BCUT2D eigenvalue weighted by Gasteiger charge is 2.81. The lowest BCUT2D eigenvalue weighted by atomic mass is 9.57. The molecule has 0 unspecified atom stereocenters. The smallest absolute Gasteiger partial charge is 0.251 e. The second kappa shape index (κ2) is 8.06. The molecule has 0 bridgehead atoms. The van der Waals surface area contributed by atoms with Crippen molar-refractivity contribution in [3.63, 3.8) is 0 Å². The van der Waals surface area contributed by atoms with Crippen molar-refractivity contribution >= 4 is 63.8 Å². The maximum Gasteiger partial charge on any atom is 0.251 e. The summed E-state index contributed by atoms with van der Waals surface area (Å²) in [5.74, 6) is -1.85. The van der Waals surface area contributed by atoms with Gasteiger partial charge in [-0.3, -0.25) is 19.3 Å². The van der Waals surface area contributed by atoms with E-state index in [4.69, 9.17) is 34.8 Å². The fourth-order valence-electron chi connectivity index (χ4n) is 7.62. The molecule has 9 heteroatoms. The normalized spacial score (nSPS) is 28.9.